The normalized spacial score (nSPS) is 26.4. The number of para-hydroxylation sites is 1. The molecule has 0 fully saturated rings. The van der Waals surface area contributed by atoms with Crippen molar-refractivity contribution in [1.82, 2.24) is 4.90 Å². The van der Waals surface area contributed by atoms with Crippen LogP contribution in [0.2, 0.25) is 0 Å². The summed E-state index contributed by atoms with van der Waals surface area (Å²) in [4.78, 5) is 15.2. The Morgan fingerprint density at radius 1 is 1.41 bits per heavy atom. The van der Waals surface area contributed by atoms with Gasteiger partial charge in [-0.25, -0.2) is 4.79 Å². The van der Waals surface area contributed by atoms with E-state index in [0.29, 0.717) is 5.70 Å². The van der Waals surface area contributed by atoms with E-state index in [0.717, 1.165) is 29.3 Å². The number of quaternary nitrogens is 1. The third kappa shape index (κ3) is 3.08. The van der Waals surface area contributed by atoms with Gasteiger partial charge >= 0.3 is 5.97 Å². The van der Waals surface area contributed by atoms with Crippen LogP contribution in [-0.2, 0) is 9.53 Å². The van der Waals surface area contributed by atoms with E-state index in [1.54, 1.807) is 0 Å². The largest absolute Gasteiger partial charge is 1.00 e. The van der Waals surface area contributed by atoms with Gasteiger partial charge in [-0.05, 0) is 19.1 Å². The van der Waals surface area contributed by atoms with Crippen molar-refractivity contribution in [1.29, 1.82) is 0 Å². The van der Waals surface area contributed by atoms with Gasteiger partial charge in [0.25, 0.3) is 0 Å². The number of hydrogen-bond donors (Lipinski definition) is 1. The summed E-state index contributed by atoms with van der Waals surface area (Å²) in [6, 6.07) is 8.30. The number of esters is 1. The lowest BCUT2D eigenvalue weighted by molar-refractivity contribution is -0.892. The summed E-state index contributed by atoms with van der Waals surface area (Å²) in [6.07, 6.45) is 2.90. The molecule has 6 heteroatoms. The molecular weight excluding hydrogens is 395 g/mol. The molecule has 3 unspecified atom stereocenters. The fourth-order valence-corrected chi connectivity index (χ4v) is 3.22. The molecule has 0 saturated carbocycles. The van der Waals surface area contributed by atoms with Gasteiger partial charge in [-0.15, -0.1) is 0 Å². The van der Waals surface area contributed by atoms with Gasteiger partial charge in [0.1, 0.15) is 17.9 Å². The number of rotatable bonds is 2. The number of hydrogen-bond acceptors (Lipinski definition) is 4. The average Bonchev–Trinajstić information content (AvgIpc) is 2.87. The Bertz CT molecular complexity index is 591. The highest BCUT2D eigenvalue weighted by molar-refractivity contribution is 5.85. The van der Waals surface area contributed by atoms with Crippen molar-refractivity contribution in [3.8, 4) is 5.75 Å². The van der Waals surface area contributed by atoms with E-state index in [-0.39, 0.29) is 42.1 Å². The molecule has 120 valence electrons. The summed E-state index contributed by atoms with van der Waals surface area (Å²) in [5, 5.41) is 0. The predicted octanol–water partition coefficient (Wildman–Crippen LogP) is -2.30. The molecule has 0 amide bonds. The molecule has 22 heavy (non-hydrogen) atoms. The van der Waals surface area contributed by atoms with E-state index in [4.69, 9.17) is 9.47 Å². The Hall–Kier alpha value is -1.28. The van der Waals surface area contributed by atoms with Crippen LogP contribution in [0, 0.1) is 0 Å². The van der Waals surface area contributed by atoms with E-state index >= 15 is 0 Å². The minimum atomic E-state index is -0.258. The molecule has 0 radical (unpaired) electrons. The zero-order valence-corrected chi connectivity index (χ0v) is 15.2. The first kappa shape index (κ1) is 17.1. The lowest BCUT2D eigenvalue weighted by Crippen LogP contribution is -3.11. The summed E-state index contributed by atoms with van der Waals surface area (Å²) < 4.78 is 10.8. The lowest BCUT2D eigenvalue weighted by Gasteiger charge is -2.33. The monoisotopic (exact) mass is 416 g/mol. The molecule has 2 aliphatic rings. The molecule has 3 atom stereocenters. The molecule has 1 N–H and O–H groups in total. The van der Waals surface area contributed by atoms with Gasteiger partial charge < -0.3 is 38.4 Å². The number of ether oxygens (including phenoxy) is 2. The first-order valence-corrected chi connectivity index (χ1v) is 7.22. The molecule has 3 rings (SSSR count). The number of nitrogens with zero attached hydrogens (tertiary/aromatic N) is 1. The van der Waals surface area contributed by atoms with Crippen LogP contribution in [0.5, 0.6) is 5.75 Å². The highest BCUT2D eigenvalue weighted by Gasteiger charge is 2.41. The molecular formula is C16H21IN2O3. The molecule has 1 aromatic carbocycles. The van der Waals surface area contributed by atoms with Crippen molar-refractivity contribution in [3.05, 3.63) is 41.7 Å². The summed E-state index contributed by atoms with van der Waals surface area (Å²) in [7, 11) is 3.41. The molecule has 1 aromatic rings. The number of methoxy groups -OCH3 is 1. The quantitative estimate of drug-likeness (QED) is 0.436. The van der Waals surface area contributed by atoms with Crippen LogP contribution in [0.15, 0.2) is 36.2 Å². The van der Waals surface area contributed by atoms with E-state index < -0.39 is 0 Å². The average molecular weight is 416 g/mol. The summed E-state index contributed by atoms with van der Waals surface area (Å²) in [6.45, 7) is 2.83. The van der Waals surface area contributed by atoms with Gasteiger partial charge in [-0.3, -0.25) is 4.90 Å². The highest BCUT2D eigenvalue weighted by Crippen LogP contribution is 2.33. The Kier molecular flexibility index (Phi) is 5.33. The number of carbonyl (C=O) groups is 1. The Balaban J connectivity index is 0.00000176. The van der Waals surface area contributed by atoms with Crippen LogP contribution in [0.1, 0.15) is 24.9 Å². The van der Waals surface area contributed by atoms with Gasteiger partial charge in [0.2, 0.25) is 5.70 Å². The third-order valence-corrected chi connectivity index (χ3v) is 4.13. The van der Waals surface area contributed by atoms with Crippen LogP contribution >= 0.6 is 0 Å². The molecule has 0 spiro atoms. The van der Waals surface area contributed by atoms with Crippen molar-refractivity contribution in [2.45, 2.75) is 25.5 Å². The number of nitrogens with one attached hydrogen (secondary N) is 1. The van der Waals surface area contributed by atoms with E-state index in [1.165, 1.54) is 7.11 Å². The van der Waals surface area contributed by atoms with Crippen molar-refractivity contribution >= 4 is 5.97 Å². The SMILES string of the molecule is COC(=O)C1=CN(C)C[NH+]1C1CC(C)Oc2ccccc21.[I-]. The van der Waals surface area contributed by atoms with E-state index in [9.17, 15) is 4.79 Å². The van der Waals surface area contributed by atoms with E-state index in [1.807, 2.05) is 36.3 Å². The third-order valence-electron chi connectivity index (χ3n) is 4.13. The Morgan fingerprint density at radius 3 is 2.86 bits per heavy atom. The number of benzene rings is 1. The van der Waals surface area contributed by atoms with Gasteiger partial charge in [0.15, 0.2) is 6.67 Å². The molecule has 0 aromatic heterocycles. The second kappa shape index (κ2) is 6.87. The first-order chi connectivity index (χ1) is 10.1. The zero-order valence-electron chi connectivity index (χ0n) is 13.0. The summed E-state index contributed by atoms with van der Waals surface area (Å²) >= 11 is 0. The summed E-state index contributed by atoms with van der Waals surface area (Å²) in [5.41, 5.74) is 1.85. The topological polar surface area (TPSA) is 43.2 Å². The molecule has 5 nitrogen and oxygen atoms in total. The molecule has 0 saturated heterocycles. The molecule has 0 aliphatic carbocycles. The smallest absolute Gasteiger partial charge is 0.394 e. The standard InChI is InChI=1S/C16H20N2O3.HI/c1-11-8-13(12-6-4-5-7-15(12)21-11)18-10-17(2)9-14(18)16(19)20-3;/h4-7,9,11,13H,8,10H2,1-3H3;1H. The van der Waals surface area contributed by atoms with Crippen molar-refractivity contribution < 1.29 is 43.1 Å². The predicted molar refractivity (Wildman–Crippen MR) is 77.6 cm³/mol. The maximum absolute atomic E-state index is 12.0. The van der Waals surface area contributed by atoms with Gasteiger partial charge in [-0.2, -0.15) is 0 Å². The van der Waals surface area contributed by atoms with E-state index in [2.05, 4.69) is 13.0 Å². The summed E-state index contributed by atoms with van der Waals surface area (Å²) in [5.74, 6) is 0.665. The van der Waals surface area contributed by atoms with Crippen molar-refractivity contribution in [2.75, 3.05) is 20.8 Å². The number of fused-ring (bicyclic) bond motifs is 1. The molecule has 0 bridgehead atoms. The van der Waals surface area contributed by atoms with Gasteiger partial charge in [-0.1, -0.05) is 12.1 Å². The second-order valence-corrected chi connectivity index (χ2v) is 5.73. The minimum Gasteiger partial charge on any atom is -1.00 e. The van der Waals surface area contributed by atoms with Crippen LogP contribution in [0.4, 0.5) is 0 Å². The molecule has 2 aliphatic heterocycles. The Labute approximate surface area is 147 Å². The lowest BCUT2D eigenvalue weighted by atomic mass is 9.95. The highest BCUT2D eigenvalue weighted by atomic mass is 127. The van der Waals surface area contributed by atoms with Crippen LogP contribution in [-0.4, -0.2) is 37.8 Å². The maximum atomic E-state index is 12.0. The number of carbonyl (C=O) groups excluding carboxylic acids is 1. The zero-order chi connectivity index (χ0) is 15.0. The van der Waals surface area contributed by atoms with Crippen molar-refractivity contribution in [2.24, 2.45) is 0 Å². The van der Waals surface area contributed by atoms with Crippen molar-refractivity contribution in [3.63, 3.8) is 0 Å². The second-order valence-electron chi connectivity index (χ2n) is 5.73. The van der Waals surface area contributed by atoms with Crippen LogP contribution in [0.25, 0.3) is 0 Å². The fourth-order valence-electron chi connectivity index (χ4n) is 3.22. The molecule has 2 heterocycles. The van der Waals surface area contributed by atoms with Crippen LogP contribution in [0.3, 0.4) is 0 Å². The van der Waals surface area contributed by atoms with Gasteiger partial charge in [0, 0.05) is 13.5 Å². The first-order valence-electron chi connectivity index (χ1n) is 7.22. The Morgan fingerprint density at radius 2 is 2.14 bits per heavy atom. The minimum absolute atomic E-state index is 0. The maximum Gasteiger partial charge on any atom is 0.394 e. The van der Waals surface area contributed by atoms with Gasteiger partial charge in [0.05, 0.1) is 18.9 Å². The number of halogens is 1. The van der Waals surface area contributed by atoms with Crippen LogP contribution < -0.4 is 33.6 Å². The fraction of sp³-hybridized carbons (Fsp3) is 0.438.